The van der Waals surface area contributed by atoms with Crippen LogP contribution >= 0.6 is 23.3 Å². The molecule has 0 saturated heterocycles. The summed E-state index contributed by atoms with van der Waals surface area (Å²) >= 11 is 2.87. The van der Waals surface area contributed by atoms with Crippen molar-refractivity contribution < 1.29 is 5.11 Å². The molecule has 1 heterocycles. The predicted octanol–water partition coefficient (Wildman–Crippen LogP) is 2.04. The van der Waals surface area contributed by atoms with Crippen LogP contribution in [0.1, 0.15) is 18.3 Å². The van der Waals surface area contributed by atoms with Crippen LogP contribution in [0.4, 0.5) is 0 Å². The van der Waals surface area contributed by atoms with Crippen molar-refractivity contribution in [2.75, 3.05) is 12.3 Å². The van der Waals surface area contributed by atoms with Crippen molar-refractivity contribution in [2.24, 2.45) is 5.73 Å². The largest absolute Gasteiger partial charge is 0.383 e. The van der Waals surface area contributed by atoms with E-state index in [-0.39, 0.29) is 6.54 Å². The lowest BCUT2D eigenvalue weighted by atomic mass is 9.96. The maximum absolute atomic E-state index is 10.6. The smallest absolute Gasteiger partial charge is 0.170 e. The highest BCUT2D eigenvalue weighted by molar-refractivity contribution is 8.00. The zero-order chi connectivity index (χ0) is 13.7. The normalized spacial score (nSPS) is 14.3. The number of aryl methyl sites for hydroxylation is 1. The fourth-order valence-corrected chi connectivity index (χ4v) is 3.45. The molecule has 2 rings (SSSR count). The van der Waals surface area contributed by atoms with Gasteiger partial charge in [-0.1, -0.05) is 49.0 Å². The molecule has 0 amide bonds. The molecule has 1 unspecified atom stereocenters. The Hall–Kier alpha value is -0.950. The van der Waals surface area contributed by atoms with E-state index in [9.17, 15) is 5.11 Å². The van der Waals surface area contributed by atoms with Crippen molar-refractivity contribution in [2.45, 2.75) is 23.3 Å². The second kappa shape index (κ2) is 6.47. The standard InChI is InChI=1S/C13H17N3OS2/c1-2-11-15-12(19-16-11)18-9-13(17,8-14)10-6-4-3-5-7-10/h3-7,17H,2,8-9,14H2,1H3. The molecule has 1 aromatic carbocycles. The SMILES string of the molecule is CCc1nsc(SCC(O)(CN)c2ccccc2)n1. The molecule has 0 saturated carbocycles. The summed E-state index contributed by atoms with van der Waals surface area (Å²) in [5.74, 6) is 1.33. The van der Waals surface area contributed by atoms with Crippen LogP contribution in [0, 0.1) is 0 Å². The molecule has 0 aliphatic carbocycles. The molecule has 0 aliphatic heterocycles. The number of thioether (sulfide) groups is 1. The molecule has 19 heavy (non-hydrogen) atoms. The van der Waals surface area contributed by atoms with Crippen LogP contribution in [-0.2, 0) is 12.0 Å². The highest BCUT2D eigenvalue weighted by Gasteiger charge is 2.28. The van der Waals surface area contributed by atoms with Crippen LogP contribution in [0.2, 0.25) is 0 Å². The zero-order valence-electron chi connectivity index (χ0n) is 10.7. The molecular formula is C13H17N3OS2. The first kappa shape index (κ1) is 14.5. The van der Waals surface area contributed by atoms with Crippen molar-refractivity contribution in [1.29, 1.82) is 0 Å². The molecule has 0 spiro atoms. The molecule has 102 valence electrons. The van der Waals surface area contributed by atoms with Crippen molar-refractivity contribution in [3.8, 4) is 0 Å². The van der Waals surface area contributed by atoms with E-state index in [1.807, 2.05) is 37.3 Å². The third-order valence-electron chi connectivity index (χ3n) is 2.85. The third kappa shape index (κ3) is 3.54. The first-order valence-corrected chi connectivity index (χ1v) is 7.87. The van der Waals surface area contributed by atoms with Crippen molar-refractivity contribution in [1.82, 2.24) is 9.36 Å². The molecule has 0 aliphatic rings. The fraction of sp³-hybridized carbons (Fsp3) is 0.385. The van der Waals surface area contributed by atoms with Crippen LogP contribution in [0.25, 0.3) is 0 Å². The molecule has 6 heteroatoms. The van der Waals surface area contributed by atoms with Gasteiger partial charge in [0.2, 0.25) is 0 Å². The monoisotopic (exact) mass is 295 g/mol. The Morgan fingerprint density at radius 1 is 1.37 bits per heavy atom. The number of benzene rings is 1. The van der Waals surface area contributed by atoms with Crippen LogP contribution in [0.15, 0.2) is 34.7 Å². The van der Waals surface area contributed by atoms with Crippen LogP contribution in [-0.4, -0.2) is 26.8 Å². The first-order chi connectivity index (χ1) is 9.18. The quantitative estimate of drug-likeness (QED) is 0.798. The van der Waals surface area contributed by atoms with E-state index < -0.39 is 5.60 Å². The van der Waals surface area contributed by atoms with Gasteiger partial charge in [-0.2, -0.15) is 4.37 Å². The van der Waals surface area contributed by atoms with Gasteiger partial charge in [-0.25, -0.2) is 4.98 Å². The van der Waals surface area contributed by atoms with E-state index >= 15 is 0 Å². The molecule has 0 fully saturated rings. The van der Waals surface area contributed by atoms with Crippen LogP contribution < -0.4 is 5.73 Å². The molecule has 0 radical (unpaired) electrons. The van der Waals surface area contributed by atoms with Crippen LogP contribution in [0.5, 0.6) is 0 Å². The molecule has 1 aromatic heterocycles. The topological polar surface area (TPSA) is 72.0 Å². The van der Waals surface area contributed by atoms with Crippen molar-refractivity contribution >= 4 is 23.3 Å². The summed E-state index contributed by atoms with van der Waals surface area (Å²) in [6.07, 6.45) is 0.830. The second-order valence-corrected chi connectivity index (χ2v) is 6.19. The second-order valence-electron chi connectivity index (χ2n) is 4.22. The lowest BCUT2D eigenvalue weighted by Gasteiger charge is -2.26. The highest BCUT2D eigenvalue weighted by atomic mass is 32.2. The summed E-state index contributed by atoms with van der Waals surface area (Å²) in [6, 6.07) is 9.52. The highest BCUT2D eigenvalue weighted by Crippen LogP contribution is 2.29. The molecular weight excluding hydrogens is 278 g/mol. The summed E-state index contributed by atoms with van der Waals surface area (Å²) in [7, 11) is 0. The average Bonchev–Trinajstić information content (AvgIpc) is 2.94. The van der Waals surface area contributed by atoms with Gasteiger partial charge >= 0.3 is 0 Å². The van der Waals surface area contributed by atoms with E-state index in [4.69, 9.17) is 5.73 Å². The lowest BCUT2D eigenvalue weighted by molar-refractivity contribution is 0.0721. The Balaban J connectivity index is 2.06. The minimum atomic E-state index is -1.02. The molecule has 1 atom stereocenters. The van der Waals surface area contributed by atoms with E-state index in [0.717, 1.165) is 22.1 Å². The van der Waals surface area contributed by atoms with Gasteiger partial charge in [-0.3, -0.25) is 0 Å². The Labute approximate surface area is 121 Å². The Morgan fingerprint density at radius 3 is 2.68 bits per heavy atom. The van der Waals surface area contributed by atoms with Gasteiger partial charge in [-0.05, 0) is 17.1 Å². The fourth-order valence-electron chi connectivity index (χ4n) is 1.63. The van der Waals surface area contributed by atoms with Gasteiger partial charge in [-0.15, -0.1) is 0 Å². The van der Waals surface area contributed by atoms with E-state index in [2.05, 4.69) is 9.36 Å². The van der Waals surface area contributed by atoms with E-state index in [0.29, 0.717) is 5.75 Å². The molecule has 3 N–H and O–H groups in total. The molecule has 2 aromatic rings. The Kier molecular flexibility index (Phi) is 4.93. The predicted molar refractivity (Wildman–Crippen MR) is 79.4 cm³/mol. The lowest BCUT2D eigenvalue weighted by Crippen LogP contribution is -2.37. The van der Waals surface area contributed by atoms with Gasteiger partial charge in [0.05, 0.1) is 0 Å². The van der Waals surface area contributed by atoms with Crippen molar-refractivity contribution in [3.05, 3.63) is 41.7 Å². The average molecular weight is 295 g/mol. The molecule has 4 nitrogen and oxygen atoms in total. The van der Waals surface area contributed by atoms with Gasteiger partial charge in [0, 0.05) is 18.7 Å². The van der Waals surface area contributed by atoms with Gasteiger partial charge < -0.3 is 10.8 Å². The van der Waals surface area contributed by atoms with E-state index in [1.165, 1.54) is 23.3 Å². The van der Waals surface area contributed by atoms with Gasteiger partial charge in [0.15, 0.2) is 4.34 Å². The zero-order valence-corrected chi connectivity index (χ0v) is 12.4. The maximum Gasteiger partial charge on any atom is 0.170 e. The van der Waals surface area contributed by atoms with Crippen LogP contribution in [0.3, 0.4) is 0 Å². The third-order valence-corrected chi connectivity index (χ3v) is 4.94. The number of hydrogen-bond donors (Lipinski definition) is 2. The summed E-state index contributed by atoms with van der Waals surface area (Å²) < 4.78 is 5.11. The molecule has 0 bridgehead atoms. The number of hydrogen-bond acceptors (Lipinski definition) is 6. The number of aromatic nitrogens is 2. The minimum absolute atomic E-state index is 0.184. The summed E-state index contributed by atoms with van der Waals surface area (Å²) in [4.78, 5) is 4.38. The summed E-state index contributed by atoms with van der Waals surface area (Å²) in [5.41, 5.74) is 5.55. The maximum atomic E-state index is 10.6. The number of rotatable bonds is 6. The number of nitrogens with zero attached hydrogens (tertiary/aromatic N) is 2. The summed E-state index contributed by atoms with van der Waals surface area (Å²) in [5, 5.41) is 10.6. The Morgan fingerprint density at radius 2 is 2.11 bits per heavy atom. The van der Waals surface area contributed by atoms with Crippen molar-refractivity contribution in [3.63, 3.8) is 0 Å². The first-order valence-electron chi connectivity index (χ1n) is 6.11. The van der Waals surface area contributed by atoms with Gasteiger partial charge in [0.25, 0.3) is 0 Å². The summed E-state index contributed by atoms with van der Waals surface area (Å²) in [6.45, 7) is 2.21. The Bertz CT molecular complexity index is 518. The number of aliphatic hydroxyl groups is 1. The van der Waals surface area contributed by atoms with Gasteiger partial charge in [0.1, 0.15) is 11.4 Å². The van der Waals surface area contributed by atoms with E-state index in [1.54, 1.807) is 0 Å². The minimum Gasteiger partial charge on any atom is -0.383 e. The number of nitrogens with two attached hydrogens (primary N) is 1.